The number of halogens is 1. The van der Waals surface area contributed by atoms with Gasteiger partial charge in [-0.05, 0) is 62.0 Å². The summed E-state index contributed by atoms with van der Waals surface area (Å²) in [7, 11) is 4.19. The van der Waals surface area contributed by atoms with Gasteiger partial charge in [0.15, 0.2) is 4.67 Å². The molecular weight excluding hydrogens is 256 g/mol. The Hall–Kier alpha value is -0.320. The van der Waals surface area contributed by atoms with Crippen molar-refractivity contribution in [3.63, 3.8) is 0 Å². The van der Waals surface area contributed by atoms with E-state index in [0.29, 0.717) is 6.04 Å². The van der Waals surface area contributed by atoms with Gasteiger partial charge in [0, 0.05) is 6.04 Å². The molecule has 0 aliphatic heterocycles. The second-order valence-electron chi connectivity index (χ2n) is 4.08. The van der Waals surface area contributed by atoms with Crippen LogP contribution in [0.3, 0.4) is 0 Å². The summed E-state index contributed by atoms with van der Waals surface area (Å²) in [6.45, 7) is 4.09. The van der Waals surface area contributed by atoms with Crippen LogP contribution in [0, 0.1) is 0 Å². The number of nitrogens with one attached hydrogen (secondary N) is 1. The number of hydrogen-bond acceptors (Lipinski definition) is 3. The van der Waals surface area contributed by atoms with Gasteiger partial charge in [-0.2, -0.15) is 0 Å². The van der Waals surface area contributed by atoms with Crippen LogP contribution >= 0.6 is 15.9 Å². The van der Waals surface area contributed by atoms with E-state index in [0.717, 1.165) is 29.9 Å². The molecule has 1 aromatic rings. The first-order chi connectivity index (χ1) is 7.08. The Kier molecular flexibility index (Phi) is 5.36. The molecule has 0 aliphatic rings. The van der Waals surface area contributed by atoms with Crippen LogP contribution in [-0.2, 0) is 6.54 Å². The SMILES string of the molecule is CC(CCN(C)C)NCc1ccc(Br)o1. The molecule has 1 heterocycles. The Balaban J connectivity index is 2.19. The minimum absolute atomic E-state index is 0.510. The molecule has 0 fully saturated rings. The predicted molar refractivity (Wildman–Crippen MR) is 65.9 cm³/mol. The van der Waals surface area contributed by atoms with Crippen molar-refractivity contribution >= 4 is 15.9 Å². The van der Waals surface area contributed by atoms with Gasteiger partial charge in [0.1, 0.15) is 5.76 Å². The van der Waals surface area contributed by atoms with Crippen molar-refractivity contribution in [1.82, 2.24) is 10.2 Å². The summed E-state index contributed by atoms with van der Waals surface area (Å²) in [4.78, 5) is 2.20. The highest BCUT2D eigenvalue weighted by Crippen LogP contribution is 2.13. The first-order valence-corrected chi connectivity index (χ1v) is 5.99. The molecule has 15 heavy (non-hydrogen) atoms. The monoisotopic (exact) mass is 274 g/mol. The Morgan fingerprint density at radius 2 is 2.20 bits per heavy atom. The van der Waals surface area contributed by atoms with Crippen molar-refractivity contribution in [1.29, 1.82) is 0 Å². The molecule has 0 radical (unpaired) electrons. The molecule has 0 amide bonds. The third kappa shape index (κ3) is 5.35. The Labute approximate surface area is 100.0 Å². The second-order valence-corrected chi connectivity index (χ2v) is 4.86. The van der Waals surface area contributed by atoms with E-state index in [1.165, 1.54) is 0 Å². The molecule has 1 aromatic heterocycles. The summed E-state index contributed by atoms with van der Waals surface area (Å²) in [6.07, 6.45) is 1.15. The lowest BCUT2D eigenvalue weighted by molar-refractivity contribution is 0.358. The van der Waals surface area contributed by atoms with Crippen LogP contribution in [-0.4, -0.2) is 31.6 Å². The average Bonchev–Trinajstić information content (AvgIpc) is 2.58. The molecule has 86 valence electrons. The maximum absolute atomic E-state index is 5.40. The number of rotatable bonds is 6. The van der Waals surface area contributed by atoms with Gasteiger partial charge in [0.2, 0.25) is 0 Å². The lowest BCUT2D eigenvalue weighted by Gasteiger charge is -2.15. The fourth-order valence-corrected chi connectivity index (χ4v) is 1.62. The van der Waals surface area contributed by atoms with Crippen molar-refractivity contribution in [2.75, 3.05) is 20.6 Å². The fourth-order valence-electron chi connectivity index (χ4n) is 1.28. The van der Waals surface area contributed by atoms with E-state index in [1.807, 2.05) is 12.1 Å². The highest BCUT2D eigenvalue weighted by molar-refractivity contribution is 9.10. The number of nitrogens with zero attached hydrogens (tertiary/aromatic N) is 1. The Morgan fingerprint density at radius 1 is 1.47 bits per heavy atom. The third-order valence-corrected chi connectivity index (χ3v) is 2.69. The fraction of sp³-hybridized carbons (Fsp3) is 0.636. The summed E-state index contributed by atoms with van der Waals surface area (Å²) in [5.74, 6) is 0.971. The van der Waals surface area contributed by atoms with Gasteiger partial charge in [-0.15, -0.1) is 0 Å². The zero-order chi connectivity index (χ0) is 11.3. The van der Waals surface area contributed by atoms with Gasteiger partial charge >= 0.3 is 0 Å². The standard InChI is InChI=1S/C11H19BrN2O/c1-9(6-7-14(2)3)13-8-10-4-5-11(12)15-10/h4-5,9,13H,6-8H2,1-3H3. The van der Waals surface area contributed by atoms with Gasteiger partial charge in [-0.3, -0.25) is 0 Å². The normalized spacial score (nSPS) is 13.4. The van der Waals surface area contributed by atoms with Gasteiger partial charge < -0.3 is 14.6 Å². The lowest BCUT2D eigenvalue weighted by Crippen LogP contribution is -2.29. The minimum Gasteiger partial charge on any atom is -0.453 e. The predicted octanol–water partition coefficient (Wildman–Crippen LogP) is 2.47. The molecule has 0 bridgehead atoms. The smallest absolute Gasteiger partial charge is 0.169 e. The van der Waals surface area contributed by atoms with Crippen molar-refractivity contribution in [2.45, 2.75) is 25.9 Å². The van der Waals surface area contributed by atoms with Gasteiger partial charge in [-0.1, -0.05) is 0 Å². The topological polar surface area (TPSA) is 28.4 Å². The van der Waals surface area contributed by atoms with E-state index in [-0.39, 0.29) is 0 Å². The second kappa shape index (κ2) is 6.30. The van der Waals surface area contributed by atoms with Gasteiger partial charge in [0.05, 0.1) is 6.54 Å². The third-order valence-electron chi connectivity index (χ3n) is 2.26. The summed E-state index contributed by atoms with van der Waals surface area (Å²) in [6, 6.07) is 4.41. The van der Waals surface area contributed by atoms with Gasteiger partial charge in [0.25, 0.3) is 0 Å². The maximum atomic E-state index is 5.40. The van der Waals surface area contributed by atoms with Crippen LogP contribution in [0.1, 0.15) is 19.1 Å². The van der Waals surface area contributed by atoms with E-state index in [1.54, 1.807) is 0 Å². The highest BCUT2D eigenvalue weighted by Gasteiger charge is 2.04. The van der Waals surface area contributed by atoms with Crippen LogP contribution in [0.15, 0.2) is 21.2 Å². The largest absolute Gasteiger partial charge is 0.453 e. The first-order valence-electron chi connectivity index (χ1n) is 5.20. The van der Waals surface area contributed by atoms with E-state index in [9.17, 15) is 0 Å². The minimum atomic E-state index is 0.510. The molecule has 0 saturated carbocycles. The molecule has 1 unspecified atom stereocenters. The summed E-state index contributed by atoms with van der Waals surface area (Å²) < 4.78 is 6.20. The molecule has 3 nitrogen and oxygen atoms in total. The first kappa shape index (κ1) is 12.7. The highest BCUT2D eigenvalue weighted by atomic mass is 79.9. The van der Waals surface area contributed by atoms with Crippen molar-refractivity contribution in [3.05, 3.63) is 22.6 Å². The summed E-state index contributed by atoms with van der Waals surface area (Å²) in [5.41, 5.74) is 0. The maximum Gasteiger partial charge on any atom is 0.169 e. The van der Waals surface area contributed by atoms with Gasteiger partial charge in [-0.25, -0.2) is 0 Å². The van der Waals surface area contributed by atoms with E-state index in [4.69, 9.17) is 4.42 Å². The Morgan fingerprint density at radius 3 is 2.73 bits per heavy atom. The number of hydrogen-bond donors (Lipinski definition) is 1. The van der Waals surface area contributed by atoms with Crippen molar-refractivity contribution in [2.24, 2.45) is 0 Å². The molecular formula is C11H19BrN2O. The van der Waals surface area contributed by atoms with E-state index in [2.05, 4.69) is 47.2 Å². The van der Waals surface area contributed by atoms with Crippen molar-refractivity contribution < 1.29 is 4.42 Å². The van der Waals surface area contributed by atoms with Crippen LogP contribution in [0.4, 0.5) is 0 Å². The van der Waals surface area contributed by atoms with Crippen LogP contribution in [0.25, 0.3) is 0 Å². The van der Waals surface area contributed by atoms with Crippen LogP contribution in [0.2, 0.25) is 0 Å². The molecule has 0 aliphatic carbocycles. The van der Waals surface area contributed by atoms with E-state index >= 15 is 0 Å². The molecule has 0 aromatic carbocycles. The summed E-state index contributed by atoms with van der Waals surface area (Å²) in [5, 5.41) is 3.43. The number of furan rings is 1. The van der Waals surface area contributed by atoms with E-state index < -0.39 is 0 Å². The van der Waals surface area contributed by atoms with Crippen LogP contribution < -0.4 is 5.32 Å². The zero-order valence-electron chi connectivity index (χ0n) is 9.59. The summed E-state index contributed by atoms with van der Waals surface area (Å²) >= 11 is 3.29. The molecule has 4 heteroatoms. The van der Waals surface area contributed by atoms with Crippen LogP contribution in [0.5, 0.6) is 0 Å². The molecule has 1 rings (SSSR count). The molecule has 0 spiro atoms. The van der Waals surface area contributed by atoms with Crippen molar-refractivity contribution in [3.8, 4) is 0 Å². The quantitative estimate of drug-likeness (QED) is 0.864. The Bertz CT molecular complexity index is 286. The average molecular weight is 275 g/mol. The lowest BCUT2D eigenvalue weighted by atomic mass is 10.2. The molecule has 1 N–H and O–H groups in total. The molecule has 1 atom stereocenters. The zero-order valence-corrected chi connectivity index (χ0v) is 11.2. The molecule has 0 saturated heterocycles.